The molecule has 2 heteroatoms. The molecule has 0 amide bonds. The highest BCUT2D eigenvalue weighted by Gasteiger charge is 2.43. The third kappa shape index (κ3) is 2.08. The molecule has 3 aliphatic rings. The van der Waals surface area contributed by atoms with Crippen LogP contribution in [0.2, 0.25) is 0 Å². The zero-order valence-corrected chi connectivity index (χ0v) is 10.3. The smallest absolute Gasteiger partial charge is 0.165 e. The predicted molar refractivity (Wildman–Crippen MR) is 66.4 cm³/mol. The Morgan fingerprint density at radius 2 is 1.88 bits per heavy atom. The number of carbonyl (C=O) groups is 1. The minimum atomic E-state index is -0.673. The van der Waals surface area contributed by atoms with Gasteiger partial charge in [-0.3, -0.25) is 4.79 Å². The van der Waals surface area contributed by atoms with Gasteiger partial charge in [0.1, 0.15) is 6.10 Å². The Bertz CT molecular complexity index is 328. The lowest BCUT2D eigenvalue weighted by atomic mass is 9.78. The third-order valence-corrected chi connectivity index (χ3v) is 5.03. The maximum Gasteiger partial charge on any atom is 0.165 e. The molecule has 94 valence electrons. The molecule has 2 fully saturated rings. The van der Waals surface area contributed by atoms with Crippen LogP contribution in [0.3, 0.4) is 0 Å². The van der Waals surface area contributed by atoms with Gasteiger partial charge >= 0.3 is 0 Å². The first kappa shape index (κ1) is 11.5. The van der Waals surface area contributed by atoms with Crippen molar-refractivity contribution in [1.82, 2.24) is 0 Å². The Kier molecular flexibility index (Phi) is 3.08. The molecule has 0 aromatic carbocycles. The molecule has 0 aromatic rings. The van der Waals surface area contributed by atoms with Crippen molar-refractivity contribution in [2.75, 3.05) is 0 Å². The Labute approximate surface area is 103 Å². The highest BCUT2D eigenvalue weighted by Crippen LogP contribution is 2.45. The van der Waals surface area contributed by atoms with Crippen LogP contribution in [0.15, 0.2) is 12.2 Å². The van der Waals surface area contributed by atoms with Crippen LogP contribution in [0.5, 0.6) is 0 Å². The van der Waals surface area contributed by atoms with Crippen LogP contribution in [0, 0.1) is 23.7 Å². The molecule has 0 spiro atoms. The number of Topliss-reactive ketones (excluding diaryl/α,β-unsaturated/α-hetero) is 1. The summed E-state index contributed by atoms with van der Waals surface area (Å²) in [6, 6.07) is 0. The van der Waals surface area contributed by atoms with E-state index in [1.54, 1.807) is 0 Å². The quantitative estimate of drug-likeness (QED) is 0.762. The van der Waals surface area contributed by atoms with Gasteiger partial charge in [-0.05, 0) is 43.4 Å². The van der Waals surface area contributed by atoms with Crippen molar-refractivity contribution < 1.29 is 9.90 Å². The van der Waals surface area contributed by atoms with E-state index >= 15 is 0 Å². The maximum absolute atomic E-state index is 12.4. The number of ketones is 1. The molecule has 4 atom stereocenters. The van der Waals surface area contributed by atoms with E-state index < -0.39 is 6.10 Å². The van der Waals surface area contributed by atoms with Gasteiger partial charge in [-0.2, -0.15) is 0 Å². The lowest BCUT2D eigenvalue weighted by Gasteiger charge is -2.28. The van der Waals surface area contributed by atoms with Gasteiger partial charge in [0.2, 0.25) is 0 Å². The first-order valence-corrected chi connectivity index (χ1v) is 7.16. The summed E-state index contributed by atoms with van der Waals surface area (Å²) >= 11 is 0. The van der Waals surface area contributed by atoms with Crippen LogP contribution in [-0.4, -0.2) is 17.0 Å². The molecule has 1 N–H and O–H groups in total. The lowest BCUT2D eigenvalue weighted by molar-refractivity contribution is -0.135. The minimum Gasteiger partial charge on any atom is -0.385 e. The van der Waals surface area contributed by atoms with Crippen molar-refractivity contribution in [3.8, 4) is 0 Å². The summed E-state index contributed by atoms with van der Waals surface area (Å²) in [5, 5.41) is 10.3. The van der Waals surface area contributed by atoms with Crippen LogP contribution in [0.1, 0.15) is 44.9 Å². The van der Waals surface area contributed by atoms with Crippen LogP contribution < -0.4 is 0 Å². The van der Waals surface area contributed by atoms with Crippen molar-refractivity contribution in [1.29, 1.82) is 0 Å². The Morgan fingerprint density at radius 1 is 1.12 bits per heavy atom. The van der Waals surface area contributed by atoms with Crippen molar-refractivity contribution >= 4 is 5.78 Å². The predicted octanol–water partition coefficient (Wildman–Crippen LogP) is 2.71. The van der Waals surface area contributed by atoms with Crippen molar-refractivity contribution in [2.24, 2.45) is 23.7 Å². The molecular weight excluding hydrogens is 212 g/mol. The summed E-state index contributed by atoms with van der Waals surface area (Å²) < 4.78 is 0. The van der Waals surface area contributed by atoms with E-state index in [1.807, 2.05) is 0 Å². The summed E-state index contributed by atoms with van der Waals surface area (Å²) in [7, 11) is 0. The molecule has 0 saturated heterocycles. The monoisotopic (exact) mass is 234 g/mol. The van der Waals surface area contributed by atoms with Crippen LogP contribution in [0.25, 0.3) is 0 Å². The van der Waals surface area contributed by atoms with Gasteiger partial charge in [0, 0.05) is 5.92 Å². The van der Waals surface area contributed by atoms with Crippen LogP contribution in [-0.2, 0) is 4.79 Å². The highest BCUT2D eigenvalue weighted by atomic mass is 16.3. The molecule has 0 aliphatic heterocycles. The Morgan fingerprint density at radius 3 is 2.47 bits per heavy atom. The van der Waals surface area contributed by atoms with E-state index in [9.17, 15) is 9.90 Å². The van der Waals surface area contributed by atoms with Crippen molar-refractivity contribution in [3.63, 3.8) is 0 Å². The largest absolute Gasteiger partial charge is 0.385 e. The molecule has 0 heterocycles. The van der Waals surface area contributed by atoms with Crippen molar-refractivity contribution in [2.45, 2.75) is 51.0 Å². The average molecular weight is 234 g/mol. The van der Waals surface area contributed by atoms with E-state index in [0.29, 0.717) is 11.8 Å². The lowest BCUT2D eigenvalue weighted by Crippen LogP contribution is -2.37. The first-order valence-electron chi connectivity index (χ1n) is 7.16. The van der Waals surface area contributed by atoms with Gasteiger partial charge in [0.05, 0.1) is 0 Å². The second-order valence-electron chi connectivity index (χ2n) is 6.13. The Hall–Kier alpha value is -0.630. The summed E-state index contributed by atoms with van der Waals surface area (Å²) in [6.07, 6.45) is 11.6. The SMILES string of the molecule is O=C(C(O)C1CCCCC1)[C@H]1C[C@H]2C=C[C@@H]1C2. The number of aliphatic hydroxyl groups is 1. The normalized spacial score (nSPS) is 38.5. The van der Waals surface area contributed by atoms with Gasteiger partial charge < -0.3 is 5.11 Å². The molecule has 17 heavy (non-hydrogen) atoms. The second-order valence-corrected chi connectivity index (χ2v) is 6.13. The van der Waals surface area contributed by atoms with E-state index in [2.05, 4.69) is 12.2 Å². The molecular formula is C15H22O2. The number of hydrogen-bond donors (Lipinski definition) is 1. The molecule has 3 rings (SSSR count). The van der Waals surface area contributed by atoms with E-state index in [1.165, 1.54) is 19.3 Å². The summed E-state index contributed by atoms with van der Waals surface area (Å²) in [5.41, 5.74) is 0. The number of hydrogen-bond acceptors (Lipinski definition) is 2. The molecule has 0 aromatic heterocycles. The van der Waals surface area contributed by atoms with Gasteiger partial charge in [-0.1, -0.05) is 31.4 Å². The summed E-state index contributed by atoms with van der Waals surface area (Å²) in [6.45, 7) is 0. The summed E-state index contributed by atoms with van der Waals surface area (Å²) in [5.74, 6) is 1.58. The highest BCUT2D eigenvalue weighted by molar-refractivity contribution is 5.86. The van der Waals surface area contributed by atoms with Gasteiger partial charge in [-0.25, -0.2) is 0 Å². The zero-order valence-electron chi connectivity index (χ0n) is 10.3. The Balaban J connectivity index is 1.63. The number of carbonyl (C=O) groups excluding carboxylic acids is 1. The van der Waals surface area contributed by atoms with E-state index in [4.69, 9.17) is 0 Å². The first-order chi connectivity index (χ1) is 8.25. The topological polar surface area (TPSA) is 37.3 Å². The molecule has 0 radical (unpaired) electrons. The van der Waals surface area contributed by atoms with Gasteiger partial charge in [0.15, 0.2) is 5.78 Å². The van der Waals surface area contributed by atoms with Gasteiger partial charge in [0.25, 0.3) is 0 Å². The molecule has 3 aliphatic carbocycles. The number of allylic oxidation sites excluding steroid dienone is 2. The fourth-order valence-electron chi connectivity index (χ4n) is 4.01. The van der Waals surface area contributed by atoms with Crippen LogP contribution in [0.4, 0.5) is 0 Å². The molecule has 2 saturated carbocycles. The van der Waals surface area contributed by atoms with Crippen LogP contribution >= 0.6 is 0 Å². The molecule has 1 unspecified atom stereocenters. The van der Waals surface area contributed by atoms with E-state index in [-0.39, 0.29) is 17.6 Å². The fraction of sp³-hybridized carbons (Fsp3) is 0.800. The van der Waals surface area contributed by atoms with Gasteiger partial charge in [-0.15, -0.1) is 0 Å². The molecule has 2 bridgehead atoms. The third-order valence-electron chi connectivity index (χ3n) is 5.03. The van der Waals surface area contributed by atoms with Crippen molar-refractivity contribution in [3.05, 3.63) is 12.2 Å². The average Bonchev–Trinajstić information content (AvgIpc) is 3.00. The zero-order chi connectivity index (χ0) is 11.8. The minimum absolute atomic E-state index is 0.127. The second kappa shape index (κ2) is 4.56. The number of fused-ring (bicyclic) bond motifs is 2. The fourth-order valence-corrected chi connectivity index (χ4v) is 4.01. The summed E-state index contributed by atoms with van der Waals surface area (Å²) in [4.78, 5) is 12.4. The molecule has 2 nitrogen and oxygen atoms in total. The standard InChI is InChI=1S/C15H22O2/c16-14(11-4-2-1-3-5-11)15(17)13-9-10-6-7-12(13)8-10/h6-7,10-14,16H,1-5,8-9H2/t10-,12+,13-,14?/m0/s1. The van der Waals surface area contributed by atoms with E-state index in [0.717, 1.165) is 25.7 Å². The number of aliphatic hydroxyl groups excluding tert-OH is 1. The number of rotatable bonds is 3. The maximum atomic E-state index is 12.4.